The molecule has 4 nitrogen and oxygen atoms in total. The molecule has 3 aromatic rings. The first-order valence-electron chi connectivity index (χ1n) is 7.67. The van der Waals surface area contributed by atoms with Gasteiger partial charge in [0.15, 0.2) is 5.78 Å². The van der Waals surface area contributed by atoms with Crippen LogP contribution in [0.25, 0.3) is 11.1 Å². The molecule has 1 unspecified atom stereocenters. The van der Waals surface area contributed by atoms with E-state index in [0.29, 0.717) is 17.1 Å². The first kappa shape index (κ1) is 14.8. The fraction of sp³-hybridized carbons (Fsp3) is 0.105. The average Bonchev–Trinajstić information content (AvgIpc) is 3.06. The van der Waals surface area contributed by atoms with Crippen LogP contribution in [0.1, 0.15) is 21.8 Å². The quantitative estimate of drug-likeness (QED) is 0.729. The largest absolute Gasteiger partial charge is 0.369 e. The lowest BCUT2D eigenvalue weighted by molar-refractivity contribution is 0.0966. The number of ketones is 1. The smallest absolute Gasteiger partial charge is 0.172 e. The van der Waals surface area contributed by atoms with Crippen LogP contribution >= 0.6 is 11.6 Å². The van der Waals surface area contributed by atoms with Gasteiger partial charge in [0, 0.05) is 46.8 Å². The summed E-state index contributed by atoms with van der Waals surface area (Å²) < 4.78 is 0. The number of rotatable bonds is 3. The van der Waals surface area contributed by atoms with Gasteiger partial charge in [-0.15, -0.1) is 0 Å². The van der Waals surface area contributed by atoms with Crippen molar-refractivity contribution in [1.82, 2.24) is 9.97 Å². The molecule has 0 saturated heterocycles. The minimum absolute atomic E-state index is 0.0658. The molecule has 1 aromatic carbocycles. The van der Waals surface area contributed by atoms with Crippen LogP contribution in [0.3, 0.4) is 0 Å². The average molecular weight is 336 g/mol. The summed E-state index contributed by atoms with van der Waals surface area (Å²) in [5, 5.41) is 3.86. The highest BCUT2D eigenvalue weighted by atomic mass is 35.5. The van der Waals surface area contributed by atoms with Gasteiger partial charge < -0.3 is 5.32 Å². The number of hydrogen-bond acceptors (Lipinski definition) is 4. The lowest BCUT2D eigenvalue weighted by Gasteiger charge is -2.13. The summed E-state index contributed by atoms with van der Waals surface area (Å²) in [5.41, 5.74) is 3.56. The monoisotopic (exact) mass is 335 g/mol. The second kappa shape index (κ2) is 6.06. The zero-order valence-electron chi connectivity index (χ0n) is 12.7. The Kier molecular flexibility index (Phi) is 3.75. The number of Topliss-reactive ketones (excluding diaryl/α,β-unsaturated/α-hetero) is 1. The van der Waals surface area contributed by atoms with Crippen molar-refractivity contribution in [3.8, 4) is 11.1 Å². The molecule has 1 aliphatic heterocycles. The summed E-state index contributed by atoms with van der Waals surface area (Å²) in [6, 6.07) is 12.8. The fourth-order valence-corrected chi connectivity index (χ4v) is 3.21. The molecule has 0 radical (unpaired) electrons. The van der Waals surface area contributed by atoms with Gasteiger partial charge in [-0.05, 0) is 42.0 Å². The molecule has 0 saturated carbocycles. The summed E-state index contributed by atoms with van der Waals surface area (Å²) in [4.78, 5) is 21.5. The molecule has 118 valence electrons. The van der Waals surface area contributed by atoms with Crippen molar-refractivity contribution >= 4 is 23.2 Å². The third kappa shape index (κ3) is 2.55. The van der Waals surface area contributed by atoms with Crippen LogP contribution < -0.4 is 5.32 Å². The van der Waals surface area contributed by atoms with Gasteiger partial charge in [0.25, 0.3) is 0 Å². The number of nitrogens with zero attached hydrogens (tertiary/aromatic N) is 2. The molecular formula is C19H14ClN3O. The molecule has 24 heavy (non-hydrogen) atoms. The fourth-order valence-electron chi connectivity index (χ4n) is 3.08. The van der Waals surface area contributed by atoms with Crippen molar-refractivity contribution < 1.29 is 4.79 Å². The van der Waals surface area contributed by atoms with Crippen molar-refractivity contribution in [2.75, 3.05) is 11.9 Å². The van der Waals surface area contributed by atoms with Gasteiger partial charge >= 0.3 is 0 Å². The van der Waals surface area contributed by atoms with Crippen LogP contribution in [-0.2, 0) is 0 Å². The van der Waals surface area contributed by atoms with Crippen LogP contribution in [-0.4, -0.2) is 22.3 Å². The second-order valence-electron chi connectivity index (χ2n) is 5.67. The maximum absolute atomic E-state index is 13.0. The topological polar surface area (TPSA) is 54.9 Å². The zero-order valence-corrected chi connectivity index (χ0v) is 13.5. The lowest BCUT2D eigenvalue weighted by Crippen LogP contribution is -2.15. The van der Waals surface area contributed by atoms with Crippen LogP contribution in [0.15, 0.2) is 61.1 Å². The Bertz CT molecular complexity index is 894. The highest BCUT2D eigenvalue weighted by Gasteiger charge is 2.32. The van der Waals surface area contributed by atoms with Gasteiger partial charge in [-0.3, -0.25) is 9.78 Å². The molecule has 4 rings (SSSR count). The van der Waals surface area contributed by atoms with E-state index in [-0.39, 0.29) is 11.7 Å². The molecule has 0 aliphatic carbocycles. The molecule has 0 spiro atoms. The number of pyridine rings is 2. The maximum Gasteiger partial charge on any atom is 0.172 e. The summed E-state index contributed by atoms with van der Waals surface area (Å²) in [6.45, 7) is 0.543. The van der Waals surface area contributed by atoms with E-state index in [1.54, 1.807) is 42.9 Å². The molecule has 5 heteroatoms. The lowest BCUT2D eigenvalue weighted by atomic mass is 9.88. The Hall–Kier alpha value is -2.72. The Balaban J connectivity index is 1.78. The van der Waals surface area contributed by atoms with Crippen molar-refractivity contribution in [2.24, 2.45) is 0 Å². The van der Waals surface area contributed by atoms with E-state index in [1.807, 2.05) is 18.2 Å². The van der Waals surface area contributed by atoms with E-state index >= 15 is 0 Å². The molecule has 1 N–H and O–H groups in total. The minimum Gasteiger partial charge on any atom is -0.369 e. The molecule has 0 fully saturated rings. The predicted molar refractivity (Wildman–Crippen MR) is 94.5 cm³/mol. The van der Waals surface area contributed by atoms with Crippen LogP contribution in [0, 0.1) is 0 Å². The Morgan fingerprint density at radius 2 is 1.96 bits per heavy atom. The van der Waals surface area contributed by atoms with E-state index in [9.17, 15) is 4.79 Å². The number of anilines is 1. The molecule has 0 bridgehead atoms. The maximum atomic E-state index is 13.0. The van der Waals surface area contributed by atoms with Crippen molar-refractivity contribution in [2.45, 2.75) is 5.92 Å². The number of nitrogens with one attached hydrogen (secondary N) is 1. The molecule has 1 atom stereocenters. The SMILES string of the molecule is O=C(c1ccc(Cl)cc1)C1CNc2nccc(-c3cccnc3)c21. The third-order valence-electron chi connectivity index (χ3n) is 4.23. The number of fused-ring (bicyclic) bond motifs is 1. The van der Waals surface area contributed by atoms with Crippen molar-refractivity contribution in [3.63, 3.8) is 0 Å². The third-order valence-corrected chi connectivity index (χ3v) is 4.48. The normalized spacial score (nSPS) is 15.6. The summed E-state index contributed by atoms with van der Waals surface area (Å²) in [7, 11) is 0. The van der Waals surface area contributed by atoms with E-state index in [4.69, 9.17) is 11.6 Å². The number of aromatic nitrogens is 2. The zero-order chi connectivity index (χ0) is 16.5. The van der Waals surface area contributed by atoms with E-state index < -0.39 is 0 Å². The van der Waals surface area contributed by atoms with Crippen molar-refractivity contribution in [1.29, 1.82) is 0 Å². The van der Waals surface area contributed by atoms with Gasteiger partial charge in [-0.1, -0.05) is 17.7 Å². The number of carbonyl (C=O) groups excluding carboxylic acids is 1. The van der Waals surface area contributed by atoms with E-state index in [0.717, 1.165) is 22.5 Å². The van der Waals surface area contributed by atoms with Gasteiger partial charge in [-0.25, -0.2) is 4.98 Å². The van der Waals surface area contributed by atoms with Gasteiger partial charge in [0.2, 0.25) is 0 Å². The van der Waals surface area contributed by atoms with Crippen LogP contribution in [0.4, 0.5) is 5.82 Å². The Morgan fingerprint density at radius 1 is 1.12 bits per heavy atom. The highest BCUT2D eigenvalue weighted by Crippen LogP contribution is 2.39. The Labute approximate surface area is 144 Å². The van der Waals surface area contributed by atoms with Crippen LogP contribution in [0.5, 0.6) is 0 Å². The molecule has 1 aliphatic rings. The first-order valence-corrected chi connectivity index (χ1v) is 8.05. The first-order chi connectivity index (χ1) is 11.7. The standard InChI is InChI=1S/C19H14ClN3O/c20-14-5-3-12(4-6-14)18(24)16-11-23-19-17(16)15(7-9-22-19)13-2-1-8-21-10-13/h1-10,16H,11H2,(H,22,23). The molecular weight excluding hydrogens is 322 g/mol. The predicted octanol–water partition coefficient (Wildman–Crippen LogP) is 4.19. The number of hydrogen-bond donors (Lipinski definition) is 1. The van der Waals surface area contributed by atoms with Gasteiger partial charge in [0.05, 0.1) is 5.92 Å². The van der Waals surface area contributed by atoms with Crippen molar-refractivity contribution in [3.05, 3.63) is 77.2 Å². The van der Waals surface area contributed by atoms with E-state index in [1.165, 1.54) is 0 Å². The van der Waals surface area contributed by atoms with Gasteiger partial charge in [0.1, 0.15) is 5.82 Å². The van der Waals surface area contributed by atoms with Gasteiger partial charge in [-0.2, -0.15) is 0 Å². The highest BCUT2D eigenvalue weighted by molar-refractivity contribution is 6.30. The number of carbonyl (C=O) groups is 1. The van der Waals surface area contributed by atoms with Crippen LogP contribution in [0.2, 0.25) is 5.02 Å². The second-order valence-corrected chi connectivity index (χ2v) is 6.10. The van der Waals surface area contributed by atoms with E-state index in [2.05, 4.69) is 15.3 Å². The molecule has 2 aromatic heterocycles. The summed E-state index contributed by atoms with van der Waals surface area (Å²) >= 11 is 5.92. The Morgan fingerprint density at radius 3 is 2.71 bits per heavy atom. The molecule has 3 heterocycles. The number of halogens is 1. The summed E-state index contributed by atoms with van der Waals surface area (Å²) in [5.74, 6) is 0.560. The molecule has 0 amide bonds. The summed E-state index contributed by atoms with van der Waals surface area (Å²) in [6.07, 6.45) is 5.29. The minimum atomic E-state index is -0.273. The number of benzene rings is 1.